The van der Waals surface area contributed by atoms with Gasteiger partial charge in [0.15, 0.2) is 0 Å². The maximum absolute atomic E-state index is 3.70. The van der Waals surface area contributed by atoms with E-state index in [2.05, 4.69) is 20.4 Å². The van der Waals surface area contributed by atoms with E-state index in [1.54, 1.807) is 0 Å². The van der Waals surface area contributed by atoms with Gasteiger partial charge in [0.25, 0.3) is 0 Å². The Labute approximate surface area is 81.8 Å². The van der Waals surface area contributed by atoms with Crippen LogP contribution in [0.15, 0.2) is 12.7 Å². The Hall–Kier alpha value is 0.0900. The first kappa shape index (κ1) is 12.1. The zero-order valence-corrected chi connectivity index (χ0v) is 9.33. The molecule has 0 aromatic rings. The lowest BCUT2D eigenvalue weighted by atomic mass is 10.1. The molecular formula is C11H22S. The summed E-state index contributed by atoms with van der Waals surface area (Å²) in [5.41, 5.74) is 0. The average Bonchev–Trinajstić information content (AvgIpc) is 2.02. The van der Waals surface area contributed by atoms with E-state index < -0.39 is 0 Å². The molecule has 0 amide bonds. The highest BCUT2D eigenvalue weighted by molar-refractivity contribution is 7.99. The molecule has 0 saturated heterocycles. The molecule has 0 rings (SSSR count). The molecule has 0 aliphatic rings. The van der Waals surface area contributed by atoms with Crippen molar-refractivity contribution in [1.82, 2.24) is 0 Å². The van der Waals surface area contributed by atoms with Crippen molar-refractivity contribution >= 4 is 11.8 Å². The van der Waals surface area contributed by atoms with Gasteiger partial charge < -0.3 is 0 Å². The number of thioether (sulfide) groups is 1. The van der Waals surface area contributed by atoms with Gasteiger partial charge in [-0.25, -0.2) is 0 Å². The minimum Gasteiger partial charge on any atom is -0.158 e. The first-order chi connectivity index (χ1) is 5.77. The highest BCUT2D eigenvalue weighted by Gasteiger charge is 1.93. The molecule has 0 aliphatic heterocycles. The fraction of sp³-hybridized carbons (Fsp3) is 0.818. The number of hydrogen-bond acceptors (Lipinski definition) is 1. The normalized spacial score (nSPS) is 10.6. The molecule has 0 aromatic heterocycles. The van der Waals surface area contributed by atoms with E-state index in [1.165, 1.54) is 31.4 Å². The first-order valence-corrected chi connectivity index (χ1v) is 6.11. The monoisotopic (exact) mass is 186 g/mol. The van der Waals surface area contributed by atoms with Crippen LogP contribution in [0.1, 0.15) is 39.5 Å². The summed E-state index contributed by atoms with van der Waals surface area (Å²) >= 11 is 1.99. The van der Waals surface area contributed by atoms with Crippen molar-refractivity contribution in [3.05, 3.63) is 12.7 Å². The van der Waals surface area contributed by atoms with Crippen LogP contribution in [-0.2, 0) is 0 Å². The summed E-state index contributed by atoms with van der Waals surface area (Å²) in [6.07, 6.45) is 7.57. The van der Waals surface area contributed by atoms with Crippen molar-refractivity contribution in [2.45, 2.75) is 39.5 Å². The Morgan fingerprint density at radius 3 is 2.58 bits per heavy atom. The number of unbranched alkanes of at least 4 members (excludes halogenated alkanes) is 2. The van der Waals surface area contributed by atoms with Gasteiger partial charge in [-0.2, -0.15) is 11.8 Å². The van der Waals surface area contributed by atoms with Crippen LogP contribution in [0, 0.1) is 5.92 Å². The van der Waals surface area contributed by atoms with Gasteiger partial charge in [0.05, 0.1) is 0 Å². The summed E-state index contributed by atoms with van der Waals surface area (Å²) in [4.78, 5) is 0. The van der Waals surface area contributed by atoms with Crippen LogP contribution >= 0.6 is 11.8 Å². The Balaban J connectivity index is 2.86. The third kappa shape index (κ3) is 10.1. The van der Waals surface area contributed by atoms with E-state index in [1.807, 2.05) is 17.8 Å². The molecule has 0 unspecified atom stereocenters. The van der Waals surface area contributed by atoms with Gasteiger partial charge in [-0.1, -0.05) is 39.2 Å². The molecule has 0 N–H and O–H groups in total. The predicted molar refractivity (Wildman–Crippen MR) is 60.8 cm³/mol. The van der Waals surface area contributed by atoms with Crippen LogP contribution in [0.3, 0.4) is 0 Å². The van der Waals surface area contributed by atoms with Crippen molar-refractivity contribution in [2.24, 2.45) is 5.92 Å². The van der Waals surface area contributed by atoms with E-state index >= 15 is 0 Å². The summed E-state index contributed by atoms with van der Waals surface area (Å²) < 4.78 is 0. The van der Waals surface area contributed by atoms with Crippen LogP contribution in [0.4, 0.5) is 0 Å². The quantitative estimate of drug-likeness (QED) is 0.406. The maximum atomic E-state index is 3.70. The van der Waals surface area contributed by atoms with Crippen molar-refractivity contribution in [2.75, 3.05) is 11.5 Å². The minimum atomic E-state index is 0.880. The lowest BCUT2D eigenvalue weighted by Gasteiger charge is -2.03. The van der Waals surface area contributed by atoms with E-state index in [0.29, 0.717) is 0 Å². The average molecular weight is 186 g/mol. The molecular weight excluding hydrogens is 164 g/mol. The van der Waals surface area contributed by atoms with E-state index in [4.69, 9.17) is 0 Å². The van der Waals surface area contributed by atoms with Crippen LogP contribution in [-0.4, -0.2) is 11.5 Å². The Morgan fingerprint density at radius 1 is 1.25 bits per heavy atom. The highest BCUT2D eigenvalue weighted by atomic mass is 32.2. The lowest BCUT2D eigenvalue weighted by molar-refractivity contribution is 0.535. The second-order valence-corrected chi connectivity index (χ2v) is 4.76. The molecule has 0 aromatic carbocycles. The summed E-state index contributed by atoms with van der Waals surface area (Å²) in [6, 6.07) is 0. The maximum Gasteiger partial charge on any atom is 0.0110 e. The second kappa shape index (κ2) is 9.18. The smallest absolute Gasteiger partial charge is 0.0110 e. The molecule has 72 valence electrons. The topological polar surface area (TPSA) is 0 Å². The molecule has 0 spiro atoms. The number of rotatable bonds is 8. The van der Waals surface area contributed by atoms with Crippen LogP contribution in [0.2, 0.25) is 0 Å². The zero-order valence-electron chi connectivity index (χ0n) is 8.51. The van der Waals surface area contributed by atoms with Gasteiger partial charge in [0.1, 0.15) is 0 Å². The van der Waals surface area contributed by atoms with Crippen LogP contribution in [0.25, 0.3) is 0 Å². The predicted octanol–water partition coefficient (Wildman–Crippen LogP) is 4.12. The van der Waals surface area contributed by atoms with E-state index in [0.717, 1.165) is 11.7 Å². The molecule has 0 nitrogen and oxygen atoms in total. The van der Waals surface area contributed by atoms with Gasteiger partial charge >= 0.3 is 0 Å². The van der Waals surface area contributed by atoms with Gasteiger partial charge in [-0.3, -0.25) is 0 Å². The Kier molecular flexibility index (Phi) is 9.25. The summed E-state index contributed by atoms with van der Waals surface area (Å²) in [6.45, 7) is 8.29. The SMILES string of the molecule is C=CCSCCCCCC(C)C. The Morgan fingerprint density at radius 2 is 2.00 bits per heavy atom. The van der Waals surface area contributed by atoms with Gasteiger partial charge in [-0.15, -0.1) is 6.58 Å². The van der Waals surface area contributed by atoms with Gasteiger partial charge in [0, 0.05) is 5.75 Å². The zero-order chi connectivity index (χ0) is 9.23. The second-order valence-electron chi connectivity index (χ2n) is 3.61. The van der Waals surface area contributed by atoms with Crippen molar-refractivity contribution < 1.29 is 0 Å². The molecule has 0 saturated carbocycles. The molecule has 0 heterocycles. The molecule has 0 atom stereocenters. The standard InChI is InChI=1S/C11H22S/c1-4-9-12-10-7-5-6-8-11(2)3/h4,11H,1,5-10H2,2-3H3. The van der Waals surface area contributed by atoms with Gasteiger partial charge in [-0.05, 0) is 18.1 Å². The van der Waals surface area contributed by atoms with Crippen LogP contribution in [0.5, 0.6) is 0 Å². The first-order valence-electron chi connectivity index (χ1n) is 4.96. The third-order valence-electron chi connectivity index (χ3n) is 1.81. The molecule has 0 aliphatic carbocycles. The highest BCUT2D eigenvalue weighted by Crippen LogP contribution is 2.10. The molecule has 0 bridgehead atoms. The van der Waals surface area contributed by atoms with Crippen molar-refractivity contribution in [3.63, 3.8) is 0 Å². The largest absolute Gasteiger partial charge is 0.158 e. The summed E-state index contributed by atoms with van der Waals surface area (Å²) in [5.74, 6) is 3.31. The summed E-state index contributed by atoms with van der Waals surface area (Å²) in [7, 11) is 0. The Bertz CT molecular complexity index is 97.2. The molecule has 12 heavy (non-hydrogen) atoms. The third-order valence-corrected chi connectivity index (χ3v) is 2.85. The van der Waals surface area contributed by atoms with E-state index in [9.17, 15) is 0 Å². The van der Waals surface area contributed by atoms with Crippen molar-refractivity contribution in [1.29, 1.82) is 0 Å². The van der Waals surface area contributed by atoms with Crippen molar-refractivity contribution in [3.8, 4) is 0 Å². The molecule has 0 fully saturated rings. The van der Waals surface area contributed by atoms with E-state index in [-0.39, 0.29) is 0 Å². The minimum absolute atomic E-state index is 0.880. The number of hydrogen-bond donors (Lipinski definition) is 0. The fourth-order valence-corrected chi connectivity index (χ4v) is 1.84. The fourth-order valence-electron chi connectivity index (χ4n) is 1.10. The molecule has 1 heteroatoms. The molecule has 0 radical (unpaired) electrons. The van der Waals surface area contributed by atoms with Gasteiger partial charge in [0.2, 0.25) is 0 Å². The van der Waals surface area contributed by atoms with Crippen LogP contribution < -0.4 is 0 Å². The summed E-state index contributed by atoms with van der Waals surface area (Å²) in [5, 5.41) is 0. The lowest BCUT2D eigenvalue weighted by Crippen LogP contribution is -1.88.